The van der Waals surface area contributed by atoms with E-state index in [1.807, 2.05) is 0 Å². The third kappa shape index (κ3) is 1.79. The van der Waals surface area contributed by atoms with Crippen LogP contribution in [-0.2, 0) is 7.05 Å². The number of hydrogen-bond donors (Lipinski definition) is 0. The second-order valence-corrected chi connectivity index (χ2v) is 8.12. The number of rotatable bonds is 1. The van der Waals surface area contributed by atoms with Crippen molar-refractivity contribution < 1.29 is 8.98 Å². The van der Waals surface area contributed by atoms with Crippen molar-refractivity contribution in [3.8, 4) is 11.3 Å². The molecule has 7 rings (SSSR count). The number of pyridine rings is 1. The molecule has 0 amide bonds. The molecule has 0 saturated carbocycles. The van der Waals surface area contributed by atoms with Crippen molar-refractivity contribution in [1.29, 1.82) is 0 Å². The molecule has 0 aliphatic carbocycles. The molecular formula is C27H19N2O+. The van der Waals surface area contributed by atoms with Crippen LogP contribution in [0.15, 0.2) is 83.4 Å². The minimum atomic E-state index is 0.942. The van der Waals surface area contributed by atoms with Crippen LogP contribution in [0.25, 0.3) is 60.3 Å². The average molecular weight is 387 g/mol. The lowest BCUT2D eigenvalue weighted by Crippen LogP contribution is -2.30. The molecule has 3 aromatic carbocycles. The van der Waals surface area contributed by atoms with Crippen molar-refractivity contribution in [2.24, 2.45) is 7.05 Å². The minimum Gasteiger partial charge on any atom is -0.460 e. The molecule has 0 radical (unpaired) electrons. The first-order valence-corrected chi connectivity index (χ1v) is 10.3. The van der Waals surface area contributed by atoms with Gasteiger partial charge in [0.2, 0.25) is 5.69 Å². The summed E-state index contributed by atoms with van der Waals surface area (Å²) in [7, 11) is 2.09. The van der Waals surface area contributed by atoms with E-state index in [2.05, 4.69) is 102 Å². The van der Waals surface area contributed by atoms with Crippen molar-refractivity contribution >= 4 is 49.1 Å². The van der Waals surface area contributed by atoms with Crippen LogP contribution in [0.5, 0.6) is 0 Å². The lowest BCUT2D eigenvalue weighted by molar-refractivity contribution is -0.660. The summed E-state index contributed by atoms with van der Waals surface area (Å²) in [6.07, 6.45) is 2.09. The molecule has 0 unspecified atom stereocenters. The Bertz CT molecular complexity index is 1770. The summed E-state index contributed by atoms with van der Waals surface area (Å²) >= 11 is 0. The first-order chi connectivity index (χ1) is 14.7. The van der Waals surface area contributed by atoms with E-state index in [4.69, 9.17) is 4.42 Å². The van der Waals surface area contributed by atoms with Gasteiger partial charge in [0.15, 0.2) is 6.20 Å². The Morgan fingerprint density at radius 2 is 1.53 bits per heavy atom. The molecule has 0 saturated heterocycles. The molecule has 0 fully saturated rings. The topological polar surface area (TPSA) is 21.4 Å². The fourth-order valence-electron chi connectivity index (χ4n) is 5.32. The number of aryl methyl sites for hydroxylation is 2. The van der Waals surface area contributed by atoms with Crippen molar-refractivity contribution in [2.45, 2.75) is 6.92 Å². The predicted molar refractivity (Wildman–Crippen MR) is 122 cm³/mol. The Hall–Kier alpha value is -3.85. The van der Waals surface area contributed by atoms with Gasteiger partial charge in [-0.25, -0.2) is 4.57 Å². The van der Waals surface area contributed by atoms with Crippen LogP contribution < -0.4 is 4.57 Å². The lowest BCUT2D eigenvalue weighted by atomic mass is 10.0. The molecule has 142 valence electrons. The predicted octanol–water partition coefficient (Wildman–Crippen LogP) is 6.38. The zero-order valence-corrected chi connectivity index (χ0v) is 16.8. The highest BCUT2D eigenvalue weighted by molar-refractivity contribution is 6.30. The third-order valence-corrected chi connectivity index (χ3v) is 6.53. The molecule has 3 nitrogen and oxygen atoms in total. The molecule has 0 aliphatic heterocycles. The first-order valence-electron chi connectivity index (χ1n) is 10.3. The molecule has 4 heterocycles. The highest BCUT2D eigenvalue weighted by Gasteiger charge is 2.25. The van der Waals surface area contributed by atoms with Crippen LogP contribution >= 0.6 is 0 Å². The van der Waals surface area contributed by atoms with Gasteiger partial charge in [0.1, 0.15) is 18.4 Å². The van der Waals surface area contributed by atoms with Crippen molar-refractivity contribution in [3.05, 3.63) is 84.8 Å². The number of nitrogens with zero attached hydrogens (tertiary/aromatic N) is 2. The summed E-state index contributed by atoms with van der Waals surface area (Å²) in [5.41, 5.74) is 7.06. The van der Waals surface area contributed by atoms with Crippen molar-refractivity contribution in [3.63, 3.8) is 0 Å². The third-order valence-electron chi connectivity index (χ3n) is 6.53. The number of para-hydroxylation sites is 2. The van der Waals surface area contributed by atoms with Gasteiger partial charge in [0, 0.05) is 39.1 Å². The summed E-state index contributed by atoms with van der Waals surface area (Å²) in [6.45, 7) is 2.07. The molecule has 0 aliphatic rings. The van der Waals surface area contributed by atoms with Crippen LogP contribution in [0.3, 0.4) is 0 Å². The van der Waals surface area contributed by atoms with E-state index >= 15 is 0 Å². The molecule has 3 heteroatoms. The van der Waals surface area contributed by atoms with Crippen LogP contribution in [0.2, 0.25) is 0 Å². The quantitative estimate of drug-likeness (QED) is 0.299. The second kappa shape index (κ2) is 5.39. The Labute approximate surface area is 172 Å². The summed E-state index contributed by atoms with van der Waals surface area (Å²) in [6, 6.07) is 26.0. The molecular weight excluding hydrogens is 368 g/mol. The summed E-state index contributed by atoms with van der Waals surface area (Å²) in [5.74, 6) is 0.953. The van der Waals surface area contributed by atoms with Gasteiger partial charge in [-0.3, -0.25) is 0 Å². The normalized spacial score (nSPS) is 12.3. The number of furan rings is 1. The Morgan fingerprint density at radius 1 is 0.733 bits per heavy atom. The summed E-state index contributed by atoms with van der Waals surface area (Å²) in [4.78, 5) is 0. The number of hydrogen-bond acceptors (Lipinski definition) is 1. The molecule has 0 spiro atoms. The van der Waals surface area contributed by atoms with Gasteiger partial charge >= 0.3 is 0 Å². The van der Waals surface area contributed by atoms with Crippen LogP contribution in [0.1, 0.15) is 5.76 Å². The summed E-state index contributed by atoms with van der Waals surface area (Å²) < 4.78 is 10.9. The van der Waals surface area contributed by atoms with E-state index in [1.54, 1.807) is 0 Å². The molecule has 0 atom stereocenters. The molecule has 4 aromatic heterocycles. The van der Waals surface area contributed by atoms with Gasteiger partial charge in [0.25, 0.3) is 0 Å². The Kier molecular flexibility index (Phi) is 2.88. The lowest BCUT2D eigenvalue weighted by Gasteiger charge is -2.02. The van der Waals surface area contributed by atoms with Crippen LogP contribution in [-0.4, -0.2) is 4.40 Å². The van der Waals surface area contributed by atoms with Crippen molar-refractivity contribution in [1.82, 2.24) is 4.40 Å². The number of aromatic nitrogens is 2. The van der Waals surface area contributed by atoms with Gasteiger partial charge in [0.05, 0.1) is 22.1 Å². The fourth-order valence-corrected chi connectivity index (χ4v) is 5.32. The SMILES string of the molecule is Cc1oc2ccc3c(c4cccc5c6ccccc6n3c54)c2c1-c1cccc[n+]1C. The van der Waals surface area contributed by atoms with E-state index in [0.717, 1.165) is 17.0 Å². The standard InChI is InChI=1S/C27H19N2O/c1-16-24(21-12-5-6-15-28(21)2)26-23(30-16)14-13-22-25(26)19-10-7-9-18-17-8-3-4-11-20(17)29(22)27(18)19/h3-15H,1-2H3/q+1. The zero-order chi connectivity index (χ0) is 20.0. The van der Waals surface area contributed by atoms with E-state index < -0.39 is 0 Å². The maximum atomic E-state index is 6.27. The van der Waals surface area contributed by atoms with Crippen LogP contribution in [0, 0.1) is 6.92 Å². The second-order valence-electron chi connectivity index (χ2n) is 8.12. The monoisotopic (exact) mass is 387 g/mol. The maximum absolute atomic E-state index is 6.27. The van der Waals surface area contributed by atoms with E-state index in [0.29, 0.717) is 0 Å². The Balaban J connectivity index is 1.80. The molecule has 7 aromatic rings. The first kappa shape index (κ1) is 16.0. The zero-order valence-electron chi connectivity index (χ0n) is 16.8. The Morgan fingerprint density at radius 3 is 2.43 bits per heavy atom. The smallest absolute Gasteiger partial charge is 0.216 e. The van der Waals surface area contributed by atoms with Gasteiger partial charge < -0.3 is 8.82 Å². The van der Waals surface area contributed by atoms with Crippen molar-refractivity contribution in [2.75, 3.05) is 0 Å². The highest BCUT2D eigenvalue weighted by atomic mass is 16.3. The number of fused-ring (bicyclic) bond motifs is 8. The van der Waals surface area contributed by atoms with Gasteiger partial charge in [-0.2, -0.15) is 0 Å². The molecule has 0 N–H and O–H groups in total. The molecule has 0 bridgehead atoms. The maximum Gasteiger partial charge on any atom is 0.216 e. The molecule has 30 heavy (non-hydrogen) atoms. The largest absolute Gasteiger partial charge is 0.460 e. The van der Waals surface area contributed by atoms with Gasteiger partial charge in [-0.15, -0.1) is 0 Å². The van der Waals surface area contributed by atoms with E-state index in [-0.39, 0.29) is 0 Å². The van der Waals surface area contributed by atoms with Crippen LogP contribution in [0.4, 0.5) is 0 Å². The van der Waals surface area contributed by atoms with E-state index in [1.165, 1.54) is 49.0 Å². The number of benzene rings is 3. The minimum absolute atomic E-state index is 0.942. The summed E-state index contributed by atoms with van der Waals surface area (Å²) in [5, 5.41) is 6.37. The average Bonchev–Trinajstić information content (AvgIpc) is 3.39. The fraction of sp³-hybridized carbons (Fsp3) is 0.0741. The highest BCUT2D eigenvalue weighted by Crippen LogP contribution is 2.45. The van der Waals surface area contributed by atoms with E-state index in [9.17, 15) is 0 Å². The van der Waals surface area contributed by atoms with Gasteiger partial charge in [-0.1, -0.05) is 36.4 Å². The van der Waals surface area contributed by atoms with Gasteiger partial charge in [-0.05, 0) is 31.2 Å².